The number of nitrogen functional groups attached to an aromatic ring is 1. The molecule has 0 radical (unpaired) electrons. The van der Waals surface area contributed by atoms with Crippen molar-refractivity contribution in [2.24, 2.45) is 0 Å². The van der Waals surface area contributed by atoms with Crippen LogP contribution >= 0.6 is 0 Å². The third kappa shape index (κ3) is 2.82. The fourth-order valence-corrected chi connectivity index (χ4v) is 2.14. The molecule has 2 aromatic rings. The molecule has 0 heterocycles. The van der Waals surface area contributed by atoms with Crippen LogP contribution in [0, 0.1) is 20.8 Å². The van der Waals surface area contributed by atoms with E-state index in [1.165, 1.54) is 12.5 Å². The van der Waals surface area contributed by atoms with Gasteiger partial charge < -0.3 is 10.5 Å². The minimum Gasteiger partial charge on any atom is -0.457 e. The number of carbonyl (C=O) groups excluding carboxylic acids is 1. The van der Waals surface area contributed by atoms with Crippen molar-refractivity contribution in [3.63, 3.8) is 0 Å². The highest BCUT2D eigenvalue weighted by Crippen LogP contribution is 2.30. The van der Waals surface area contributed by atoms with Crippen molar-refractivity contribution in [2.75, 3.05) is 5.73 Å². The van der Waals surface area contributed by atoms with Crippen molar-refractivity contribution in [2.45, 2.75) is 27.7 Å². The summed E-state index contributed by atoms with van der Waals surface area (Å²) >= 11 is 0. The van der Waals surface area contributed by atoms with E-state index in [1.54, 1.807) is 18.2 Å². The van der Waals surface area contributed by atoms with Crippen LogP contribution in [0.1, 0.15) is 34.0 Å². The summed E-state index contributed by atoms with van der Waals surface area (Å²) in [4.78, 5) is 11.5. The molecule has 0 aliphatic carbocycles. The minimum atomic E-state index is -0.0647. The molecule has 0 spiro atoms. The first-order valence-electron chi connectivity index (χ1n) is 6.54. The first-order valence-corrected chi connectivity index (χ1v) is 6.54. The number of rotatable bonds is 3. The predicted molar refractivity (Wildman–Crippen MR) is 81.6 cm³/mol. The monoisotopic (exact) mass is 269 g/mol. The second-order valence-electron chi connectivity index (χ2n) is 5.11. The Morgan fingerprint density at radius 3 is 2.45 bits per heavy atom. The van der Waals surface area contributed by atoms with Gasteiger partial charge in [-0.1, -0.05) is 6.07 Å². The van der Waals surface area contributed by atoms with Gasteiger partial charge >= 0.3 is 0 Å². The van der Waals surface area contributed by atoms with Crippen LogP contribution in [0.2, 0.25) is 0 Å². The summed E-state index contributed by atoms with van der Waals surface area (Å²) in [6.45, 7) is 7.60. The maximum absolute atomic E-state index is 11.5. The predicted octanol–water partition coefficient (Wildman–Crippen LogP) is 4.19. The summed E-state index contributed by atoms with van der Waals surface area (Å²) in [5, 5.41) is 0. The molecule has 0 aliphatic heterocycles. The number of anilines is 1. The van der Waals surface area contributed by atoms with Gasteiger partial charge in [0.2, 0.25) is 0 Å². The molecule has 3 heteroatoms. The van der Waals surface area contributed by atoms with E-state index in [9.17, 15) is 4.79 Å². The van der Waals surface area contributed by atoms with E-state index in [2.05, 4.69) is 13.0 Å². The van der Waals surface area contributed by atoms with Crippen molar-refractivity contribution in [1.82, 2.24) is 0 Å². The van der Waals surface area contributed by atoms with Crippen molar-refractivity contribution < 1.29 is 9.53 Å². The Kier molecular flexibility index (Phi) is 3.79. The molecule has 0 aliphatic rings. The lowest BCUT2D eigenvalue weighted by Gasteiger charge is -2.13. The lowest BCUT2D eigenvalue weighted by molar-refractivity contribution is 0.101. The summed E-state index contributed by atoms with van der Waals surface area (Å²) in [5.41, 5.74) is 10.2. The van der Waals surface area contributed by atoms with Gasteiger partial charge in [0.25, 0.3) is 0 Å². The second kappa shape index (κ2) is 5.37. The number of aryl methyl sites for hydroxylation is 2. The maximum atomic E-state index is 11.5. The van der Waals surface area contributed by atoms with E-state index in [0.29, 0.717) is 17.0 Å². The molecule has 0 bridgehead atoms. The van der Waals surface area contributed by atoms with Crippen LogP contribution in [0.3, 0.4) is 0 Å². The summed E-state index contributed by atoms with van der Waals surface area (Å²) in [6.07, 6.45) is 0. The highest BCUT2D eigenvalue weighted by molar-refractivity contribution is 5.99. The number of hydrogen-bond donors (Lipinski definition) is 1. The van der Waals surface area contributed by atoms with Gasteiger partial charge in [0, 0.05) is 11.3 Å². The quantitative estimate of drug-likeness (QED) is 0.671. The molecule has 104 valence electrons. The average molecular weight is 269 g/mol. The molecule has 0 unspecified atom stereocenters. The largest absolute Gasteiger partial charge is 0.457 e. The molecule has 0 amide bonds. The molecule has 3 nitrogen and oxygen atoms in total. The molecule has 0 saturated heterocycles. The summed E-state index contributed by atoms with van der Waals surface area (Å²) in [6, 6.07) is 9.27. The van der Waals surface area contributed by atoms with Gasteiger partial charge in [-0.15, -0.1) is 0 Å². The normalized spacial score (nSPS) is 10.4. The Bertz CT molecular complexity index is 675. The molecule has 0 saturated carbocycles. The van der Waals surface area contributed by atoms with Crippen LogP contribution in [-0.2, 0) is 0 Å². The first kappa shape index (κ1) is 14.1. The molecule has 0 atom stereocenters. The summed E-state index contributed by atoms with van der Waals surface area (Å²) < 4.78 is 5.91. The van der Waals surface area contributed by atoms with E-state index in [-0.39, 0.29) is 5.78 Å². The third-order valence-corrected chi connectivity index (χ3v) is 3.40. The highest BCUT2D eigenvalue weighted by Gasteiger charge is 2.09. The van der Waals surface area contributed by atoms with Crippen molar-refractivity contribution >= 4 is 11.5 Å². The van der Waals surface area contributed by atoms with Gasteiger partial charge in [-0.3, -0.25) is 4.79 Å². The first-order chi connectivity index (χ1) is 9.38. The van der Waals surface area contributed by atoms with Gasteiger partial charge in [-0.25, -0.2) is 0 Å². The highest BCUT2D eigenvalue weighted by atomic mass is 16.5. The second-order valence-corrected chi connectivity index (χ2v) is 5.11. The number of ether oxygens (including phenoxy) is 1. The van der Waals surface area contributed by atoms with Crippen molar-refractivity contribution in [3.05, 3.63) is 52.6 Å². The van der Waals surface area contributed by atoms with E-state index in [4.69, 9.17) is 10.5 Å². The van der Waals surface area contributed by atoms with Gasteiger partial charge in [0.05, 0.1) is 0 Å². The van der Waals surface area contributed by atoms with E-state index in [1.807, 2.05) is 19.9 Å². The number of carbonyl (C=O) groups is 1. The number of benzene rings is 2. The summed E-state index contributed by atoms with van der Waals surface area (Å²) in [7, 11) is 0. The zero-order valence-corrected chi connectivity index (χ0v) is 12.3. The molecule has 0 aromatic heterocycles. The Morgan fingerprint density at radius 1 is 1.10 bits per heavy atom. The molecule has 20 heavy (non-hydrogen) atoms. The number of Topliss-reactive ketones (excluding diaryl/α,β-unsaturated/α-hetero) is 1. The van der Waals surface area contributed by atoms with Gasteiger partial charge in [0.15, 0.2) is 5.78 Å². The lowest BCUT2D eigenvalue weighted by atomic mass is 10.1. The number of hydrogen-bond acceptors (Lipinski definition) is 3. The summed E-state index contributed by atoms with van der Waals surface area (Å²) in [5.74, 6) is 1.37. The Labute approximate surface area is 119 Å². The topological polar surface area (TPSA) is 52.3 Å². The molecular formula is C17H19NO2. The standard InChI is InChI=1S/C17H19NO2/c1-10-7-11(2)12(3)17(8-10)20-14-5-6-16(18)15(9-14)13(4)19/h5-9H,18H2,1-4H3. The molecule has 2 N–H and O–H groups in total. The van der Waals surface area contributed by atoms with Crippen LogP contribution in [0.4, 0.5) is 5.69 Å². The lowest BCUT2D eigenvalue weighted by Crippen LogP contribution is -2.00. The molecular weight excluding hydrogens is 250 g/mol. The zero-order valence-electron chi connectivity index (χ0n) is 12.3. The fourth-order valence-electron chi connectivity index (χ4n) is 2.14. The van der Waals surface area contributed by atoms with Crippen LogP contribution in [0.15, 0.2) is 30.3 Å². The SMILES string of the molecule is CC(=O)c1cc(Oc2cc(C)cc(C)c2C)ccc1N. The fraction of sp³-hybridized carbons (Fsp3) is 0.235. The maximum Gasteiger partial charge on any atom is 0.162 e. The van der Waals surface area contributed by atoms with E-state index < -0.39 is 0 Å². The Morgan fingerprint density at radius 2 is 1.80 bits per heavy atom. The van der Waals surface area contributed by atoms with Crippen LogP contribution in [-0.4, -0.2) is 5.78 Å². The van der Waals surface area contributed by atoms with Crippen molar-refractivity contribution in [1.29, 1.82) is 0 Å². The Hall–Kier alpha value is -2.29. The van der Waals surface area contributed by atoms with Gasteiger partial charge in [0.1, 0.15) is 11.5 Å². The third-order valence-electron chi connectivity index (χ3n) is 3.40. The van der Waals surface area contributed by atoms with E-state index >= 15 is 0 Å². The molecule has 2 aromatic carbocycles. The molecule has 2 rings (SSSR count). The van der Waals surface area contributed by atoms with E-state index in [0.717, 1.165) is 16.9 Å². The number of nitrogens with two attached hydrogens (primary N) is 1. The zero-order chi connectivity index (χ0) is 14.9. The van der Waals surface area contributed by atoms with Crippen molar-refractivity contribution in [3.8, 4) is 11.5 Å². The van der Waals surface area contributed by atoms with Crippen LogP contribution in [0.25, 0.3) is 0 Å². The minimum absolute atomic E-state index is 0.0647. The Balaban J connectivity index is 2.40. The van der Waals surface area contributed by atoms with Crippen LogP contribution < -0.4 is 10.5 Å². The van der Waals surface area contributed by atoms with Crippen LogP contribution in [0.5, 0.6) is 11.5 Å². The number of ketones is 1. The van der Waals surface area contributed by atoms with Gasteiger partial charge in [-0.2, -0.15) is 0 Å². The smallest absolute Gasteiger partial charge is 0.162 e. The van der Waals surface area contributed by atoms with Gasteiger partial charge in [-0.05, 0) is 68.7 Å². The average Bonchev–Trinajstić information content (AvgIpc) is 2.37. The molecule has 0 fully saturated rings.